The molecule has 6 heteroatoms. The molecule has 4 N–H and O–H groups in total. The molecule has 0 aliphatic rings. The molecule has 0 saturated heterocycles. The molecule has 150 valence electrons. The third kappa shape index (κ3) is 4.17. The zero-order chi connectivity index (χ0) is 21.1. The number of hydrogen-bond acceptors (Lipinski definition) is 5. The van der Waals surface area contributed by atoms with Gasteiger partial charge in [0.05, 0.1) is 5.52 Å². The summed E-state index contributed by atoms with van der Waals surface area (Å²) in [4.78, 5) is 19.0. The molecule has 0 fully saturated rings. The molecular weight excluding hydrogens is 374 g/mol. The number of nitrogens with one attached hydrogen (secondary N) is 2. The smallest absolute Gasteiger partial charge is 0.255 e. The van der Waals surface area contributed by atoms with E-state index in [2.05, 4.69) is 26.6 Å². The van der Waals surface area contributed by atoms with Gasteiger partial charge in [-0.2, -0.15) is 0 Å². The standard InChI is InChI=1S/C24H23N5O/c1-29(2)20-11-12-22-21(15-20)23(13-14-26-22)27-18-7-3-16(4-8-18)24(30)28-19-9-5-17(25)6-10-19/h3-15H,25H2,1-2H3,(H,26,27)(H,28,30). The van der Waals surface area contributed by atoms with Gasteiger partial charge in [-0.25, -0.2) is 0 Å². The van der Waals surface area contributed by atoms with Gasteiger partial charge in [0.25, 0.3) is 5.91 Å². The van der Waals surface area contributed by atoms with E-state index in [-0.39, 0.29) is 5.91 Å². The first kappa shape index (κ1) is 19.3. The number of aromatic nitrogens is 1. The molecule has 4 rings (SSSR count). The fourth-order valence-electron chi connectivity index (χ4n) is 3.15. The Morgan fingerprint density at radius 1 is 0.900 bits per heavy atom. The largest absolute Gasteiger partial charge is 0.399 e. The van der Waals surface area contributed by atoms with Gasteiger partial charge in [-0.3, -0.25) is 9.78 Å². The normalized spacial score (nSPS) is 10.6. The lowest BCUT2D eigenvalue weighted by atomic mass is 10.1. The summed E-state index contributed by atoms with van der Waals surface area (Å²) >= 11 is 0. The predicted molar refractivity (Wildman–Crippen MR) is 125 cm³/mol. The van der Waals surface area contributed by atoms with Crippen molar-refractivity contribution in [3.8, 4) is 0 Å². The van der Waals surface area contributed by atoms with E-state index in [4.69, 9.17) is 5.73 Å². The summed E-state index contributed by atoms with van der Waals surface area (Å²) in [6, 6.07) is 22.6. The number of pyridine rings is 1. The van der Waals surface area contributed by atoms with Crippen molar-refractivity contribution in [2.45, 2.75) is 0 Å². The number of nitrogens with zero attached hydrogens (tertiary/aromatic N) is 2. The van der Waals surface area contributed by atoms with Crippen LogP contribution in [0.4, 0.5) is 28.4 Å². The monoisotopic (exact) mass is 397 g/mol. The van der Waals surface area contributed by atoms with Crippen molar-refractivity contribution in [3.63, 3.8) is 0 Å². The summed E-state index contributed by atoms with van der Waals surface area (Å²) in [6.45, 7) is 0. The first-order valence-corrected chi connectivity index (χ1v) is 9.60. The van der Waals surface area contributed by atoms with Gasteiger partial charge in [0, 0.05) is 59.7 Å². The summed E-state index contributed by atoms with van der Waals surface area (Å²) in [5.41, 5.74) is 11.5. The van der Waals surface area contributed by atoms with Crippen LogP contribution in [0.5, 0.6) is 0 Å². The van der Waals surface area contributed by atoms with Crippen LogP contribution in [0.15, 0.2) is 79.0 Å². The van der Waals surface area contributed by atoms with E-state index in [1.165, 1.54) is 0 Å². The number of hydrogen-bond donors (Lipinski definition) is 3. The van der Waals surface area contributed by atoms with E-state index in [0.717, 1.165) is 28.0 Å². The Kier molecular flexibility index (Phi) is 5.22. The maximum absolute atomic E-state index is 12.5. The van der Waals surface area contributed by atoms with E-state index in [9.17, 15) is 4.79 Å². The summed E-state index contributed by atoms with van der Waals surface area (Å²) in [7, 11) is 4.03. The van der Waals surface area contributed by atoms with Gasteiger partial charge in [-0.1, -0.05) is 0 Å². The van der Waals surface area contributed by atoms with Crippen molar-refractivity contribution in [1.29, 1.82) is 0 Å². The van der Waals surface area contributed by atoms with E-state index in [1.807, 2.05) is 44.4 Å². The van der Waals surface area contributed by atoms with E-state index >= 15 is 0 Å². The highest BCUT2D eigenvalue weighted by molar-refractivity contribution is 6.04. The Morgan fingerprint density at radius 2 is 1.60 bits per heavy atom. The van der Waals surface area contributed by atoms with E-state index in [1.54, 1.807) is 42.6 Å². The fraction of sp³-hybridized carbons (Fsp3) is 0.0833. The van der Waals surface area contributed by atoms with Crippen molar-refractivity contribution >= 4 is 45.2 Å². The van der Waals surface area contributed by atoms with Crippen molar-refractivity contribution < 1.29 is 4.79 Å². The molecule has 0 aliphatic carbocycles. The van der Waals surface area contributed by atoms with Crippen molar-refractivity contribution in [1.82, 2.24) is 4.98 Å². The minimum absolute atomic E-state index is 0.170. The first-order valence-electron chi connectivity index (χ1n) is 9.60. The lowest BCUT2D eigenvalue weighted by Crippen LogP contribution is -2.11. The maximum Gasteiger partial charge on any atom is 0.255 e. The molecule has 1 heterocycles. The van der Waals surface area contributed by atoms with Crippen LogP contribution in [0.3, 0.4) is 0 Å². The number of benzene rings is 3. The molecule has 30 heavy (non-hydrogen) atoms. The van der Waals surface area contributed by atoms with Gasteiger partial charge in [0.15, 0.2) is 0 Å². The number of amides is 1. The number of carbonyl (C=O) groups is 1. The molecule has 0 saturated carbocycles. The number of rotatable bonds is 5. The highest BCUT2D eigenvalue weighted by Gasteiger charge is 2.08. The minimum Gasteiger partial charge on any atom is -0.399 e. The van der Waals surface area contributed by atoms with Crippen LogP contribution >= 0.6 is 0 Å². The topological polar surface area (TPSA) is 83.3 Å². The minimum atomic E-state index is -0.170. The van der Waals surface area contributed by atoms with Gasteiger partial charge >= 0.3 is 0 Å². The molecular formula is C24H23N5O. The van der Waals surface area contributed by atoms with E-state index in [0.29, 0.717) is 16.9 Å². The Balaban J connectivity index is 1.53. The summed E-state index contributed by atoms with van der Waals surface area (Å²) < 4.78 is 0. The predicted octanol–water partition coefficient (Wildman–Crippen LogP) is 4.88. The van der Waals surface area contributed by atoms with Crippen LogP contribution in [0.2, 0.25) is 0 Å². The third-order valence-electron chi connectivity index (χ3n) is 4.84. The molecule has 1 amide bonds. The average Bonchev–Trinajstić information content (AvgIpc) is 2.75. The highest BCUT2D eigenvalue weighted by Crippen LogP contribution is 2.28. The molecule has 0 unspecified atom stereocenters. The first-order chi connectivity index (χ1) is 14.5. The Morgan fingerprint density at radius 3 is 2.30 bits per heavy atom. The van der Waals surface area contributed by atoms with Crippen LogP contribution in [-0.2, 0) is 0 Å². The molecule has 0 spiro atoms. The van der Waals surface area contributed by atoms with Gasteiger partial charge < -0.3 is 21.3 Å². The molecule has 0 radical (unpaired) electrons. The number of nitrogen functional groups attached to an aromatic ring is 1. The molecule has 3 aromatic carbocycles. The van der Waals surface area contributed by atoms with Gasteiger partial charge in [-0.05, 0) is 72.8 Å². The molecule has 0 bridgehead atoms. The van der Waals surface area contributed by atoms with Crippen LogP contribution < -0.4 is 21.3 Å². The number of carbonyl (C=O) groups excluding carboxylic acids is 1. The van der Waals surface area contributed by atoms with Crippen LogP contribution in [-0.4, -0.2) is 25.0 Å². The summed E-state index contributed by atoms with van der Waals surface area (Å²) in [5.74, 6) is -0.170. The summed E-state index contributed by atoms with van der Waals surface area (Å²) in [5, 5.41) is 7.33. The molecule has 0 atom stereocenters. The lowest BCUT2D eigenvalue weighted by Gasteiger charge is -2.15. The van der Waals surface area contributed by atoms with Gasteiger partial charge in [0.2, 0.25) is 0 Å². The zero-order valence-electron chi connectivity index (χ0n) is 16.9. The second-order valence-corrected chi connectivity index (χ2v) is 7.23. The van der Waals surface area contributed by atoms with Crippen LogP contribution in [0.25, 0.3) is 10.9 Å². The molecule has 1 aromatic heterocycles. The number of fused-ring (bicyclic) bond motifs is 1. The molecule has 0 aliphatic heterocycles. The van der Waals surface area contributed by atoms with Gasteiger partial charge in [0.1, 0.15) is 0 Å². The third-order valence-corrected chi connectivity index (χ3v) is 4.84. The van der Waals surface area contributed by atoms with Gasteiger partial charge in [-0.15, -0.1) is 0 Å². The van der Waals surface area contributed by atoms with Crippen molar-refractivity contribution in [2.24, 2.45) is 0 Å². The SMILES string of the molecule is CN(C)c1ccc2nccc(Nc3ccc(C(=O)Nc4ccc(N)cc4)cc3)c2c1. The van der Waals surface area contributed by atoms with Crippen molar-refractivity contribution in [3.05, 3.63) is 84.6 Å². The second-order valence-electron chi connectivity index (χ2n) is 7.23. The molecule has 4 aromatic rings. The fourth-order valence-corrected chi connectivity index (χ4v) is 3.15. The van der Waals surface area contributed by atoms with Crippen LogP contribution in [0, 0.1) is 0 Å². The maximum atomic E-state index is 12.5. The Hall–Kier alpha value is -4.06. The lowest BCUT2D eigenvalue weighted by molar-refractivity contribution is 0.102. The second kappa shape index (κ2) is 8.13. The average molecular weight is 397 g/mol. The zero-order valence-corrected chi connectivity index (χ0v) is 16.9. The Bertz CT molecular complexity index is 1180. The van der Waals surface area contributed by atoms with E-state index < -0.39 is 0 Å². The number of anilines is 5. The highest BCUT2D eigenvalue weighted by atomic mass is 16.1. The molecule has 6 nitrogen and oxygen atoms in total. The van der Waals surface area contributed by atoms with Crippen molar-refractivity contribution in [2.75, 3.05) is 35.4 Å². The Labute approximate surface area is 175 Å². The summed E-state index contributed by atoms with van der Waals surface area (Å²) in [6.07, 6.45) is 1.79. The quantitative estimate of drug-likeness (QED) is 0.418. The number of nitrogens with two attached hydrogens (primary N) is 1. The van der Waals surface area contributed by atoms with Crippen LogP contribution in [0.1, 0.15) is 10.4 Å².